The average molecular weight is 694 g/mol. The molecule has 0 saturated carbocycles. The van der Waals surface area contributed by atoms with E-state index in [2.05, 4.69) is 13.5 Å². The number of rotatable bonds is 14. The predicted molar refractivity (Wildman–Crippen MR) is 182 cm³/mol. The second-order valence-electron chi connectivity index (χ2n) is 12.2. The lowest BCUT2D eigenvalue weighted by atomic mass is 9.87. The highest BCUT2D eigenvalue weighted by Crippen LogP contribution is 2.37. The van der Waals surface area contributed by atoms with Crippen LogP contribution in [0.3, 0.4) is 0 Å². The Morgan fingerprint density at radius 1 is 1.13 bits per heavy atom. The molecule has 47 heavy (non-hydrogen) atoms. The zero-order valence-corrected chi connectivity index (χ0v) is 28.4. The molecule has 0 unspecified atom stereocenters. The van der Waals surface area contributed by atoms with Gasteiger partial charge >= 0.3 is 0 Å². The molecule has 2 aliphatic rings. The number of aliphatic hydroxyl groups excluding tert-OH is 3. The molecule has 2 aliphatic heterocycles. The largest absolute Gasteiger partial charge is 0.490 e. The first-order valence-corrected chi connectivity index (χ1v) is 17.7. The summed E-state index contributed by atoms with van der Waals surface area (Å²) in [7, 11) is 0. The maximum atomic E-state index is 14.3. The number of thioether (sulfide) groups is 1. The Bertz CT molecular complexity index is 1390. The molecule has 4 rings (SSSR count). The van der Waals surface area contributed by atoms with E-state index < -0.39 is 53.6 Å². The average Bonchev–Trinajstić information content (AvgIpc) is 3.06. The van der Waals surface area contributed by atoms with E-state index in [0.29, 0.717) is 35.8 Å². The Kier molecular flexibility index (Phi) is 14.3. The van der Waals surface area contributed by atoms with E-state index in [4.69, 9.17) is 31.5 Å². The predicted octanol–water partition coefficient (Wildman–Crippen LogP) is 6.70. The van der Waals surface area contributed by atoms with Gasteiger partial charge in [-0.1, -0.05) is 55.8 Å². The van der Waals surface area contributed by atoms with Crippen LogP contribution in [-0.4, -0.2) is 64.1 Å². The Hall–Kier alpha value is -2.28. The number of benzene rings is 2. The number of halogens is 3. The van der Waals surface area contributed by atoms with Crippen molar-refractivity contribution >= 4 is 23.4 Å². The third kappa shape index (κ3) is 9.89. The summed E-state index contributed by atoms with van der Waals surface area (Å²) in [6, 6.07) is 8.23. The zero-order chi connectivity index (χ0) is 34.1. The first-order valence-electron chi connectivity index (χ1n) is 16.0. The molecular formula is C36H46ClF2NO6S. The van der Waals surface area contributed by atoms with Gasteiger partial charge in [0.25, 0.3) is 0 Å². The normalized spacial score (nSPS) is 29.2. The van der Waals surface area contributed by atoms with Gasteiger partial charge in [-0.3, -0.25) is 0 Å². The molecule has 0 aromatic heterocycles. The highest BCUT2D eigenvalue weighted by atomic mass is 35.5. The van der Waals surface area contributed by atoms with Crippen LogP contribution in [0, 0.1) is 17.6 Å². The second kappa shape index (κ2) is 17.9. The molecule has 258 valence electrons. The molecule has 2 aromatic rings. The van der Waals surface area contributed by atoms with E-state index >= 15 is 0 Å². The fourth-order valence-electron chi connectivity index (χ4n) is 6.15. The number of hydrogen-bond donors (Lipinski definition) is 4. The van der Waals surface area contributed by atoms with E-state index in [1.165, 1.54) is 11.8 Å². The van der Waals surface area contributed by atoms with Crippen molar-refractivity contribution in [2.75, 3.05) is 12.9 Å². The Morgan fingerprint density at radius 2 is 1.91 bits per heavy atom. The van der Waals surface area contributed by atoms with Crippen LogP contribution >= 0.6 is 23.4 Å². The number of ether oxygens (including phenoxy) is 3. The zero-order valence-electron chi connectivity index (χ0n) is 26.8. The lowest BCUT2D eigenvalue weighted by molar-refractivity contribution is -0.200. The summed E-state index contributed by atoms with van der Waals surface area (Å²) in [6.07, 6.45) is 8.29. The van der Waals surface area contributed by atoms with Crippen LogP contribution in [0.25, 0.3) is 0 Å². The van der Waals surface area contributed by atoms with Crippen molar-refractivity contribution in [1.29, 1.82) is 0 Å². The van der Waals surface area contributed by atoms with E-state index in [1.54, 1.807) is 24.5 Å². The molecule has 9 atom stereocenters. The van der Waals surface area contributed by atoms with Gasteiger partial charge in [-0.25, -0.2) is 8.78 Å². The lowest BCUT2D eigenvalue weighted by Gasteiger charge is -2.40. The van der Waals surface area contributed by atoms with Gasteiger partial charge in [0, 0.05) is 16.6 Å². The van der Waals surface area contributed by atoms with Crippen LogP contribution in [0.15, 0.2) is 73.0 Å². The summed E-state index contributed by atoms with van der Waals surface area (Å²) in [4.78, 5) is 0. The van der Waals surface area contributed by atoms with Crippen molar-refractivity contribution in [3.8, 4) is 0 Å². The van der Waals surface area contributed by atoms with Crippen LogP contribution < -0.4 is 5.73 Å². The van der Waals surface area contributed by atoms with E-state index in [-0.39, 0.29) is 17.6 Å². The van der Waals surface area contributed by atoms with Crippen molar-refractivity contribution in [2.24, 2.45) is 11.7 Å². The molecule has 2 saturated heterocycles. The summed E-state index contributed by atoms with van der Waals surface area (Å²) >= 11 is 7.74. The summed E-state index contributed by atoms with van der Waals surface area (Å²) in [5.74, 6) is -0.224. The van der Waals surface area contributed by atoms with Gasteiger partial charge in [-0.2, -0.15) is 0 Å². The van der Waals surface area contributed by atoms with Crippen molar-refractivity contribution in [3.63, 3.8) is 0 Å². The highest BCUT2D eigenvalue weighted by Gasteiger charge is 2.44. The molecule has 11 heteroatoms. The first kappa shape index (κ1) is 37.5. The third-order valence-electron chi connectivity index (χ3n) is 8.72. The van der Waals surface area contributed by atoms with Crippen molar-refractivity contribution in [2.45, 2.75) is 93.6 Å². The Morgan fingerprint density at radius 3 is 2.62 bits per heavy atom. The monoisotopic (exact) mass is 693 g/mol. The maximum absolute atomic E-state index is 14.3. The molecule has 0 radical (unpaired) electrons. The van der Waals surface area contributed by atoms with Gasteiger partial charge in [0.15, 0.2) is 0 Å². The van der Waals surface area contributed by atoms with Crippen molar-refractivity contribution in [1.82, 2.24) is 0 Å². The van der Waals surface area contributed by atoms with Gasteiger partial charge < -0.3 is 35.3 Å². The van der Waals surface area contributed by atoms with Crippen LogP contribution in [0.5, 0.6) is 0 Å². The fourth-order valence-corrected chi connectivity index (χ4v) is 7.02. The van der Waals surface area contributed by atoms with Gasteiger partial charge in [0.2, 0.25) is 0 Å². The molecule has 2 heterocycles. The Labute approximate surface area is 285 Å². The lowest BCUT2D eigenvalue weighted by Crippen LogP contribution is -2.52. The number of nitrogens with two attached hydrogens (primary N) is 1. The van der Waals surface area contributed by atoms with Gasteiger partial charge in [0.1, 0.15) is 53.3 Å². The van der Waals surface area contributed by atoms with Crippen LogP contribution in [0.1, 0.15) is 67.9 Å². The van der Waals surface area contributed by atoms with Crippen molar-refractivity contribution < 1.29 is 38.3 Å². The molecule has 2 fully saturated rings. The highest BCUT2D eigenvalue weighted by molar-refractivity contribution is 7.99. The van der Waals surface area contributed by atoms with Gasteiger partial charge in [-0.05, 0) is 91.8 Å². The second-order valence-corrected chi connectivity index (χ2v) is 13.5. The minimum Gasteiger partial charge on any atom is -0.490 e. The van der Waals surface area contributed by atoms with Crippen LogP contribution in [0.4, 0.5) is 8.78 Å². The topological polar surface area (TPSA) is 114 Å². The number of aliphatic hydroxyl groups is 3. The first-order chi connectivity index (χ1) is 22.6. The summed E-state index contributed by atoms with van der Waals surface area (Å²) in [5, 5.41) is 31.7. The maximum Gasteiger partial charge on any atom is 0.132 e. The smallest absolute Gasteiger partial charge is 0.132 e. The minimum atomic E-state index is -1.33. The minimum absolute atomic E-state index is 0.0423. The summed E-state index contributed by atoms with van der Waals surface area (Å²) in [5.41, 5.74) is 7.32. The van der Waals surface area contributed by atoms with E-state index in [9.17, 15) is 24.1 Å². The van der Waals surface area contributed by atoms with E-state index in [1.807, 2.05) is 24.3 Å². The molecule has 0 aliphatic carbocycles. The molecular weight excluding hydrogens is 648 g/mol. The number of hydrogen-bond acceptors (Lipinski definition) is 8. The van der Waals surface area contributed by atoms with Crippen LogP contribution in [-0.2, 0) is 20.6 Å². The molecule has 0 bridgehead atoms. The third-order valence-corrected chi connectivity index (χ3v) is 9.94. The quantitative estimate of drug-likeness (QED) is 0.128. The standard InChI is InChI=1S/C36H46ClF2NO6S/c1-4-8-26(14-11-21-17-30(40)35(44-20-21)27-19-24(38)13-16-29(27)39)45-25(5-2)10-7-6-9-22-18-23(12-15-28(22)37)34-32(42)31(41)33(43)36(46-34)47-3/h5-7,10,12-13,15-16,18-19,21,26,30-36,41-43H,2,4,8-9,11,14,17,20,40H2,1,3H3/b7-6+,25-10+/t21-,26-,30+,31-,32-,33+,34+,35-,36-/m1/s1. The van der Waals surface area contributed by atoms with E-state index in [0.717, 1.165) is 49.4 Å². The summed E-state index contributed by atoms with van der Waals surface area (Å²) < 4.78 is 46.2. The number of allylic oxidation sites excluding steroid dienone is 4. The molecule has 5 N–H and O–H groups in total. The van der Waals surface area contributed by atoms with Gasteiger partial charge in [0.05, 0.1) is 12.7 Å². The Balaban J connectivity index is 1.32. The molecule has 0 spiro atoms. The fraction of sp³-hybridized carbons (Fsp3) is 0.500. The summed E-state index contributed by atoms with van der Waals surface area (Å²) in [6.45, 7) is 6.43. The molecule has 7 nitrogen and oxygen atoms in total. The molecule has 0 amide bonds. The molecule has 2 aromatic carbocycles. The van der Waals surface area contributed by atoms with Gasteiger partial charge in [-0.15, -0.1) is 11.8 Å². The SMILES string of the molecule is C=C/C(=C\C=C\Cc1cc([C@@H]2O[C@H](SC)[C@@H](O)[C@H](O)[C@H]2O)ccc1Cl)O[C@H](CCC)CC[C@H]1CO[C@H](c2cc(F)ccc2F)[C@@H](N)C1. The van der Waals surface area contributed by atoms with Crippen LogP contribution in [0.2, 0.25) is 5.02 Å². The van der Waals surface area contributed by atoms with Crippen molar-refractivity contribution in [3.05, 3.63) is 106 Å².